The van der Waals surface area contributed by atoms with Crippen LogP contribution in [0.3, 0.4) is 0 Å². The van der Waals surface area contributed by atoms with Crippen molar-refractivity contribution >= 4 is 21.4 Å². The molecule has 1 fully saturated rings. The molecule has 0 aliphatic carbocycles. The fourth-order valence-corrected chi connectivity index (χ4v) is 6.69. The summed E-state index contributed by atoms with van der Waals surface area (Å²) in [5.74, 6) is 0.487. The predicted octanol–water partition coefficient (Wildman–Crippen LogP) is 4.86. The highest BCUT2D eigenvalue weighted by Gasteiger charge is 2.33. The average Bonchev–Trinajstić information content (AvgIpc) is 3.13. The number of thiophene rings is 1. The summed E-state index contributed by atoms with van der Waals surface area (Å²) < 4.78 is 28.4. The minimum atomic E-state index is -3.44. The molecule has 0 N–H and O–H groups in total. The van der Waals surface area contributed by atoms with Crippen molar-refractivity contribution in [3.05, 3.63) is 50.2 Å². The zero-order chi connectivity index (χ0) is 18.4. The molecule has 1 aromatic heterocycles. The molecule has 1 aromatic carbocycles. The molecular weight excluding hydrogens is 350 g/mol. The first-order valence-electron chi connectivity index (χ1n) is 8.84. The Morgan fingerprint density at radius 3 is 1.92 bits per heavy atom. The maximum atomic E-state index is 13.4. The van der Waals surface area contributed by atoms with Crippen LogP contribution in [0.25, 0.3) is 0 Å². The molecule has 0 amide bonds. The van der Waals surface area contributed by atoms with E-state index in [2.05, 4.69) is 23.8 Å². The van der Waals surface area contributed by atoms with E-state index in [0.717, 1.165) is 35.1 Å². The lowest BCUT2D eigenvalue weighted by Gasteiger charge is -2.32. The maximum absolute atomic E-state index is 13.4. The summed E-state index contributed by atoms with van der Waals surface area (Å²) >= 11 is 1.71. The highest BCUT2D eigenvalue weighted by Crippen LogP contribution is 2.35. The summed E-state index contributed by atoms with van der Waals surface area (Å²) in [6, 6.07) is 2.17. The van der Waals surface area contributed by atoms with Crippen LogP contribution >= 0.6 is 11.3 Å². The Morgan fingerprint density at radius 1 is 0.920 bits per heavy atom. The molecule has 0 bridgehead atoms. The molecule has 3 rings (SSSR count). The fourth-order valence-electron chi connectivity index (χ4n) is 3.92. The molecule has 5 heteroatoms. The Labute approximate surface area is 155 Å². The summed E-state index contributed by atoms with van der Waals surface area (Å²) in [5.41, 5.74) is 6.55. The van der Waals surface area contributed by atoms with Crippen molar-refractivity contribution in [3.63, 3.8) is 0 Å². The van der Waals surface area contributed by atoms with Crippen molar-refractivity contribution in [1.29, 1.82) is 0 Å². The van der Waals surface area contributed by atoms with Gasteiger partial charge in [0.05, 0.1) is 4.90 Å². The Balaban J connectivity index is 1.91. The van der Waals surface area contributed by atoms with Gasteiger partial charge in [-0.2, -0.15) is 15.6 Å². The Morgan fingerprint density at radius 2 is 1.44 bits per heavy atom. The molecule has 2 heterocycles. The van der Waals surface area contributed by atoms with Crippen LogP contribution in [-0.2, 0) is 10.0 Å². The van der Waals surface area contributed by atoms with Gasteiger partial charge in [0.15, 0.2) is 0 Å². The lowest BCUT2D eigenvalue weighted by atomic mass is 9.92. The monoisotopic (exact) mass is 377 g/mol. The molecule has 136 valence electrons. The van der Waals surface area contributed by atoms with E-state index in [1.807, 2.05) is 27.7 Å². The van der Waals surface area contributed by atoms with E-state index in [0.29, 0.717) is 23.9 Å². The van der Waals surface area contributed by atoms with Gasteiger partial charge >= 0.3 is 0 Å². The molecule has 2 aromatic rings. The van der Waals surface area contributed by atoms with Crippen molar-refractivity contribution in [1.82, 2.24) is 4.31 Å². The van der Waals surface area contributed by atoms with Crippen molar-refractivity contribution in [2.24, 2.45) is 0 Å². The average molecular weight is 378 g/mol. The minimum Gasteiger partial charge on any atom is -0.207 e. The SMILES string of the molecule is Cc1c(C)c(C)c(S(=O)(=O)N2CCC(c3ccsc3)CC2)c(C)c1C. The van der Waals surface area contributed by atoms with Gasteiger partial charge in [0.2, 0.25) is 10.0 Å². The van der Waals surface area contributed by atoms with E-state index in [1.54, 1.807) is 15.6 Å². The predicted molar refractivity (Wildman–Crippen MR) is 105 cm³/mol. The molecule has 1 aliphatic rings. The van der Waals surface area contributed by atoms with Crippen LogP contribution in [0, 0.1) is 34.6 Å². The highest BCUT2D eigenvalue weighted by molar-refractivity contribution is 7.89. The number of sulfonamides is 1. The van der Waals surface area contributed by atoms with Gasteiger partial charge < -0.3 is 0 Å². The summed E-state index contributed by atoms with van der Waals surface area (Å²) in [5, 5.41) is 4.29. The third-order valence-electron chi connectivity index (χ3n) is 6.00. The standard InChI is InChI=1S/C20H27NO2S2/c1-13-14(2)16(4)20(17(5)15(13)3)25(22,23)21-9-6-18(7-10-21)19-8-11-24-12-19/h8,11-12,18H,6-7,9-10H2,1-5H3. The van der Waals surface area contributed by atoms with Crippen LogP contribution in [0.15, 0.2) is 21.7 Å². The molecule has 0 saturated carbocycles. The first-order chi connectivity index (χ1) is 11.7. The van der Waals surface area contributed by atoms with Gasteiger partial charge in [0.1, 0.15) is 0 Å². The Hall–Kier alpha value is -1.17. The lowest BCUT2D eigenvalue weighted by Crippen LogP contribution is -2.38. The molecule has 0 unspecified atom stereocenters. The van der Waals surface area contributed by atoms with Gasteiger partial charge in [-0.15, -0.1) is 0 Å². The van der Waals surface area contributed by atoms with E-state index < -0.39 is 10.0 Å². The normalized spacial score (nSPS) is 17.2. The molecule has 25 heavy (non-hydrogen) atoms. The third kappa shape index (κ3) is 3.18. The Kier molecular flexibility index (Phi) is 5.11. The van der Waals surface area contributed by atoms with E-state index >= 15 is 0 Å². The van der Waals surface area contributed by atoms with Gasteiger partial charge in [-0.1, -0.05) is 0 Å². The molecule has 1 aliphatic heterocycles. The van der Waals surface area contributed by atoms with Crippen LogP contribution < -0.4 is 0 Å². The minimum absolute atomic E-state index is 0.487. The molecule has 3 nitrogen and oxygen atoms in total. The van der Waals surface area contributed by atoms with E-state index in [9.17, 15) is 8.42 Å². The van der Waals surface area contributed by atoms with Gasteiger partial charge in [0, 0.05) is 13.1 Å². The van der Waals surface area contributed by atoms with Crippen molar-refractivity contribution in [3.8, 4) is 0 Å². The van der Waals surface area contributed by atoms with Gasteiger partial charge in [0.25, 0.3) is 0 Å². The first-order valence-corrected chi connectivity index (χ1v) is 11.2. The number of rotatable bonds is 3. The topological polar surface area (TPSA) is 37.4 Å². The number of hydrogen-bond acceptors (Lipinski definition) is 3. The summed E-state index contributed by atoms with van der Waals surface area (Å²) in [7, 11) is -3.44. The zero-order valence-corrected chi connectivity index (χ0v) is 17.4. The first kappa shape index (κ1) is 18.6. The van der Waals surface area contributed by atoms with Gasteiger partial charge in [-0.25, -0.2) is 8.42 Å². The molecule has 0 spiro atoms. The number of benzene rings is 1. The molecular formula is C20H27NO2S2. The smallest absolute Gasteiger partial charge is 0.207 e. The van der Waals surface area contributed by atoms with Gasteiger partial charge in [-0.3, -0.25) is 0 Å². The zero-order valence-electron chi connectivity index (χ0n) is 15.7. The number of hydrogen-bond donors (Lipinski definition) is 0. The summed E-state index contributed by atoms with van der Waals surface area (Å²) in [4.78, 5) is 0.530. The lowest BCUT2D eigenvalue weighted by molar-refractivity contribution is 0.319. The highest BCUT2D eigenvalue weighted by atomic mass is 32.2. The van der Waals surface area contributed by atoms with Crippen LogP contribution in [0.4, 0.5) is 0 Å². The van der Waals surface area contributed by atoms with Crippen LogP contribution in [0.2, 0.25) is 0 Å². The van der Waals surface area contributed by atoms with E-state index in [-0.39, 0.29) is 0 Å². The van der Waals surface area contributed by atoms with Crippen LogP contribution in [-0.4, -0.2) is 25.8 Å². The number of piperidine rings is 1. The molecule has 0 atom stereocenters. The number of nitrogens with zero attached hydrogens (tertiary/aromatic N) is 1. The molecule has 0 radical (unpaired) electrons. The molecule has 1 saturated heterocycles. The maximum Gasteiger partial charge on any atom is 0.243 e. The van der Waals surface area contributed by atoms with Crippen molar-refractivity contribution in [2.75, 3.05) is 13.1 Å². The van der Waals surface area contributed by atoms with E-state index in [1.165, 1.54) is 11.1 Å². The Bertz CT molecular complexity index is 846. The van der Waals surface area contributed by atoms with E-state index in [4.69, 9.17) is 0 Å². The largest absolute Gasteiger partial charge is 0.243 e. The van der Waals surface area contributed by atoms with Gasteiger partial charge in [-0.05, 0) is 104 Å². The second-order valence-electron chi connectivity index (χ2n) is 7.19. The van der Waals surface area contributed by atoms with Crippen LogP contribution in [0.5, 0.6) is 0 Å². The van der Waals surface area contributed by atoms with Crippen LogP contribution in [0.1, 0.15) is 52.1 Å². The fraction of sp³-hybridized carbons (Fsp3) is 0.500. The quantitative estimate of drug-likeness (QED) is 0.766. The summed E-state index contributed by atoms with van der Waals surface area (Å²) in [6.45, 7) is 11.2. The third-order valence-corrected chi connectivity index (χ3v) is 8.87. The van der Waals surface area contributed by atoms with Crippen molar-refractivity contribution < 1.29 is 8.42 Å². The van der Waals surface area contributed by atoms with Crippen molar-refractivity contribution in [2.45, 2.75) is 58.3 Å². The second-order valence-corrected chi connectivity index (χ2v) is 9.84. The summed E-state index contributed by atoms with van der Waals surface area (Å²) in [6.07, 6.45) is 1.80. The second kappa shape index (κ2) is 6.86.